The van der Waals surface area contributed by atoms with E-state index in [9.17, 15) is 4.79 Å². The highest BCUT2D eigenvalue weighted by Crippen LogP contribution is 2.32. The van der Waals surface area contributed by atoms with Gasteiger partial charge in [0, 0.05) is 12.1 Å². The Morgan fingerprint density at radius 1 is 1.11 bits per heavy atom. The van der Waals surface area contributed by atoms with Crippen molar-refractivity contribution in [1.29, 1.82) is 0 Å². The summed E-state index contributed by atoms with van der Waals surface area (Å²) < 4.78 is 0. The van der Waals surface area contributed by atoms with Crippen molar-refractivity contribution in [3.63, 3.8) is 0 Å². The Labute approximate surface area is 161 Å². The lowest BCUT2D eigenvalue weighted by Crippen LogP contribution is -2.45. The molecule has 1 fully saturated rings. The number of carbonyl (C=O) groups excluding carboxylic acids is 1. The third-order valence-electron chi connectivity index (χ3n) is 5.43. The Morgan fingerprint density at radius 2 is 1.85 bits per heavy atom. The molecule has 2 aromatic carbocycles. The maximum Gasteiger partial charge on any atom is 0.278 e. The third-order valence-corrected chi connectivity index (χ3v) is 5.43. The normalized spacial score (nSPS) is 21.7. The van der Waals surface area contributed by atoms with E-state index in [4.69, 9.17) is 4.99 Å². The Bertz CT molecular complexity index is 882. The molecule has 1 amide bonds. The van der Waals surface area contributed by atoms with Crippen molar-refractivity contribution >= 4 is 23.0 Å². The number of aliphatic imine (C=N–C) groups is 1. The Kier molecular flexibility index (Phi) is 4.83. The Balaban J connectivity index is 1.68. The third kappa shape index (κ3) is 3.67. The molecule has 0 saturated carbocycles. The van der Waals surface area contributed by atoms with Crippen molar-refractivity contribution in [1.82, 2.24) is 4.90 Å². The number of nitrogens with zero attached hydrogens (tertiary/aromatic N) is 3. The maximum atomic E-state index is 13.3. The predicted octanol–water partition coefficient (Wildman–Crippen LogP) is 4.46. The highest BCUT2D eigenvalue weighted by Gasteiger charge is 2.35. The van der Waals surface area contributed by atoms with Crippen LogP contribution in [-0.4, -0.2) is 36.3 Å². The molecule has 0 aromatic heterocycles. The number of likely N-dealkylation sites (tertiary alicyclic amines) is 1. The van der Waals surface area contributed by atoms with E-state index in [2.05, 4.69) is 31.7 Å². The van der Waals surface area contributed by atoms with E-state index in [0.717, 1.165) is 41.2 Å². The summed E-state index contributed by atoms with van der Waals surface area (Å²) in [6.07, 6.45) is 2.48. The van der Waals surface area contributed by atoms with Gasteiger partial charge >= 0.3 is 0 Å². The molecule has 4 heteroatoms. The molecule has 4 nitrogen and oxygen atoms in total. The number of carbonyl (C=O) groups is 1. The summed E-state index contributed by atoms with van der Waals surface area (Å²) in [5, 5.41) is 0. The van der Waals surface area contributed by atoms with E-state index in [0.29, 0.717) is 18.3 Å². The van der Waals surface area contributed by atoms with Crippen molar-refractivity contribution in [3.05, 3.63) is 59.2 Å². The second kappa shape index (κ2) is 7.28. The lowest BCUT2D eigenvalue weighted by Gasteiger charge is -2.33. The highest BCUT2D eigenvalue weighted by atomic mass is 16.2. The van der Waals surface area contributed by atoms with Gasteiger partial charge in [0.15, 0.2) is 0 Å². The number of para-hydroxylation sites is 1. The van der Waals surface area contributed by atoms with Gasteiger partial charge < -0.3 is 0 Å². The fraction of sp³-hybridized carbons (Fsp3) is 0.391. The molecule has 0 aliphatic carbocycles. The van der Waals surface area contributed by atoms with Crippen molar-refractivity contribution < 1.29 is 4.79 Å². The number of aryl methyl sites for hydroxylation is 2. The average Bonchev–Trinajstić information content (AvgIpc) is 2.87. The number of piperidine rings is 1. The fourth-order valence-electron chi connectivity index (χ4n) is 4.27. The standard InChI is InChI=1S/C23H27N3O/c1-16-7-6-10-25(14-16)15-26-21-9-5-4-8-20(21)22(23(26)27)24-19-12-17(2)11-18(3)13-19/h4-5,8-9,11-13,16H,6-7,10,14-15H2,1-3H3. The first-order valence-corrected chi connectivity index (χ1v) is 9.82. The van der Waals surface area contributed by atoms with Crippen molar-refractivity contribution in [2.75, 3.05) is 24.7 Å². The van der Waals surface area contributed by atoms with Crippen LogP contribution >= 0.6 is 0 Å². The molecule has 27 heavy (non-hydrogen) atoms. The van der Waals surface area contributed by atoms with Crippen LogP contribution in [0.3, 0.4) is 0 Å². The summed E-state index contributed by atoms with van der Waals surface area (Å²) in [6, 6.07) is 14.2. The molecule has 1 unspecified atom stereocenters. The molecule has 0 spiro atoms. The highest BCUT2D eigenvalue weighted by molar-refractivity contribution is 6.54. The summed E-state index contributed by atoms with van der Waals surface area (Å²) in [5.74, 6) is 0.698. The van der Waals surface area contributed by atoms with Gasteiger partial charge in [0.05, 0.1) is 18.0 Å². The van der Waals surface area contributed by atoms with Gasteiger partial charge in [0.25, 0.3) is 5.91 Å². The summed E-state index contributed by atoms with van der Waals surface area (Å²) in [4.78, 5) is 22.3. The molecule has 140 valence electrons. The fourth-order valence-corrected chi connectivity index (χ4v) is 4.27. The van der Waals surface area contributed by atoms with Gasteiger partial charge in [0.1, 0.15) is 5.71 Å². The monoisotopic (exact) mass is 361 g/mol. The number of rotatable bonds is 3. The minimum atomic E-state index is 0.00795. The molecule has 0 bridgehead atoms. The van der Waals surface area contributed by atoms with Crippen LogP contribution in [0.5, 0.6) is 0 Å². The van der Waals surface area contributed by atoms with E-state index in [-0.39, 0.29) is 5.91 Å². The van der Waals surface area contributed by atoms with Crippen LogP contribution in [-0.2, 0) is 4.79 Å². The smallest absolute Gasteiger partial charge is 0.278 e. The molecule has 1 atom stereocenters. The topological polar surface area (TPSA) is 35.9 Å². The molecule has 2 aliphatic rings. The molecule has 2 aliphatic heterocycles. The first kappa shape index (κ1) is 17.9. The van der Waals surface area contributed by atoms with Crippen LogP contribution in [0.25, 0.3) is 0 Å². The largest absolute Gasteiger partial charge is 0.293 e. The molecule has 2 aromatic rings. The molecule has 4 rings (SSSR count). The number of anilines is 1. The van der Waals surface area contributed by atoms with Crippen LogP contribution in [0.1, 0.15) is 36.5 Å². The summed E-state index contributed by atoms with van der Waals surface area (Å²) in [6.45, 7) is 9.16. The summed E-state index contributed by atoms with van der Waals surface area (Å²) in [7, 11) is 0. The van der Waals surface area contributed by atoms with Gasteiger partial charge in [-0.2, -0.15) is 0 Å². The SMILES string of the molecule is Cc1cc(C)cc(N=C2C(=O)N(CN3CCCC(C)C3)c3ccccc32)c1. The second-order valence-electron chi connectivity index (χ2n) is 8.02. The van der Waals surface area contributed by atoms with Crippen molar-refractivity contribution in [3.8, 4) is 0 Å². The van der Waals surface area contributed by atoms with E-state index in [1.807, 2.05) is 41.3 Å². The number of amides is 1. The van der Waals surface area contributed by atoms with Gasteiger partial charge in [-0.3, -0.25) is 14.6 Å². The van der Waals surface area contributed by atoms with Gasteiger partial charge in [-0.1, -0.05) is 31.2 Å². The molecule has 0 radical (unpaired) electrons. The van der Waals surface area contributed by atoms with Crippen LogP contribution < -0.4 is 4.90 Å². The summed E-state index contributed by atoms with van der Waals surface area (Å²) >= 11 is 0. The molecule has 2 heterocycles. The number of fused-ring (bicyclic) bond motifs is 1. The zero-order valence-electron chi connectivity index (χ0n) is 16.4. The van der Waals surface area contributed by atoms with Gasteiger partial charge in [-0.15, -0.1) is 0 Å². The zero-order valence-corrected chi connectivity index (χ0v) is 16.4. The van der Waals surface area contributed by atoms with Crippen molar-refractivity contribution in [2.45, 2.75) is 33.6 Å². The first-order valence-electron chi connectivity index (χ1n) is 9.82. The number of hydrogen-bond acceptors (Lipinski definition) is 3. The van der Waals surface area contributed by atoms with Crippen LogP contribution in [0.15, 0.2) is 47.5 Å². The number of benzene rings is 2. The minimum absolute atomic E-state index is 0.00795. The first-order chi connectivity index (χ1) is 13.0. The van der Waals surface area contributed by atoms with E-state index >= 15 is 0 Å². The lowest BCUT2D eigenvalue weighted by atomic mass is 10.0. The van der Waals surface area contributed by atoms with Crippen LogP contribution in [0.2, 0.25) is 0 Å². The van der Waals surface area contributed by atoms with Crippen LogP contribution in [0, 0.1) is 19.8 Å². The van der Waals surface area contributed by atoms with Gasteiger partial charge in [-0.25, -0.2) is 4.99 Å². The Hall–Kier alpha value is -2.46. The predicted molar refractivity (Wildman–Crippen MR) is 111 cm³/mol. The minimum Gasteiger partial charge on any atom is -0.293 e. The van der Waals surface area contributed by atoms with Gasteiger partial charge in [0.2, 0.25) is 0 Å². The van der Waals surface area contributed by atoms with E-state index < -0.39 is 0 Å². The zero-order chi connectivity index (χ0) is 19.0. The number of hydrogen-bond donors (Lipinski definition) is 0. The molecule has 0 N–H and O–H groups in total. The van der Waals surface area contributed by atoms with E-state index in [1.165, 1.54) is 12.8 Å². The van der Waals surface area contributed by atoms with Gasteiger partial charge in [-0.05, 0) is 68.5 Å². The van der Waals surface area contributed by atoms with Crippen LogP contribution in [0.4, 0.5) is 11.4 Å². The second-order valence-corrected chi connectivity index (χ2v) is 8.02. The molecular formula is C23H27N3O. The average molecular weight is 361 g/mol. The van der Waals surface area contributed by atoms with Crippen molar-refractivity contribution in [2.24, 2.45) is 10.9 Å². The Morgan fingerprint density at radius 3 is 2.59 bits per heavy atom. The maximum absolute atomic E-state index is 13.3. The lowest BCUT2D eigenvalue weighted by molar-refractivity contribution is -0.112. The quantitative estimate of drug-likeness (QED) is 0.809. The molecular weight excluding hydrogens is 334 g/mol. The van der Waals surface area contributed by atoms with E-state index in [1.54, 1.807) is 0 Å². The molecule has 1 saturated heterocycles. The summed E-state index contributed by atoms with van der Waals surface area (Å²) in [5.41, 5.74) is 5.63.